The van der Waals surface area contributed by atoms with E-state index in [0.29, 0.717) is 11.4 Å². The van der Waals surface area contributed by atoms with Gasteiger partial charge in [0.2, 0.25) is 5.28 Å². The van der Waals surface area contributed by atoms with Crippen molar-refractivity contribution in [2.45, 2.75) is 6.92 Å². The van der Waals surface area contributed by atoms with Gasteiger partial charge in [-0.2, -0.15) is 10.1 Å². The molecule has 0 aliphatic heterocycles. The quantitative estimate of drug-likeness (QED) is 0.788. The van der Waals surface area contributed by atoms with E-state index in [-0.39, 0.29) is 11.1 Å². The highest BCUT2D eigenvalue weighted by Gasteiger charge is 2.06. The zero-order chi connectivity index (χ0) is 10.1. The zero-order valence-corrected chi connectivity index (χ0v) is 8.14. The van der Waals surface area contributed by atoms with Crippen LogP contribution in [0, 0.1) is 12.7 Å². The smallest absolute Gasteiger partial charge is 0.218 e. The van der Waals surface area contributed by atoms with E-state index in [4.69, 9.17) is 11.6 Å². The first-order valence-electron chi connectivity index (χ1n) is 4.01. The zero-order valence-electron chi connectivity index (χ0n) is 7.38. The molecule has 0 saturated heterocycles. The summed E-state index contributed by atoms with van der Waals surface area (Å²) in [5, 5.41) is 6.60. The summed E-state index contributed by atoms with van der Waals surface area (Å²) in [4.78, 5) is 3.93. The first-order chi connectivity index (χ1) is 6.66. The molecule has 0 unspecified atom stereocenters. The van der Waals surface area contributed by atoms with Crippen LogP contribution < -0.4 is 0 Å². The van der Waals surface area contributed by atoms with E-state index in [1.807, 2.05) is 0 Å². The summed E-state index contributed by atoms with van der Waals surface area (Å²) in [7, 11) is 0. The van der Waals surface area contributed by atoms with Crippen LogP contribution in [0.25, 0.3) is 11.4 Å². The van der Waals surface area contributed by atoms with Gasteiger partial charge in [-0.15, -0.1) is 0 Å². The Hall–Kier alpha value is -1.42. The van der Waals surface area contributed by atoms with Gasteiger partial charge in [0.15, 0.2) is 5.82 Å². The SMILES string of the molecule is Cc1cc(-c2n[nH]c(Cl)n2)ccc1F. The molecule has 0 radical (unpaired) electrons. The first kappa shape index (κ1) is 9.15. The van der Waals surface area contributed by atoms with E-state index >= 15 is 0 Å². The number of H-pyrrole nitrogens is 1. The van der Waals surface area contributed by atoms with E-state index in [9.17, 15) is 4.39 Å². The molecular weight excluding hydrogens is 205 g/mol. The van der Waals surface area contributed by atoms with Gasteiger partial charge < -0.3 is 0 Å². The van der Waals surface area contributed by atoms with Crippen molar-refractivity contribution in [3.05, 3.63) is 34.9 Å². The molecule has 0 saturated carbocycles. The van der Waals surface area contributed by atoms with E-state index in [2.05, 4.69) is 15.2 Å². The fourth-order valence-corrected chi connectivity index (χ4v) is 1.28. The summed E-state index contributed by atoms with van der Waals surface area (Å²) < 4.78 is 12.9. The Labute approximate surface area is 84.9 Å². The number of hydrogen-bond acceptors (Lipinski definition) is 2. The van der Waals surface area contributed by atoms with Crippen LogP contribution >= 0.6 is 11.6 Å². The molecule has 1 heterocycles. The molecule has 0 aliphatic carbocycles. The van der Waals surface area contributed by atoms with Crippen molar-refractivity contribution < 1.29 is 4.39 Å². The summed E-state index contributed by atoms with van der Waals surface area (Å²) in [6.07, 6.45) is 0. The summed E-state index contributed by atoms with van der Waals surface area (Å²) >= 11 is 5.58. The molecule has 1 aromatic heterocycles. The molecule has 1 aromatic carbocycles. The van der Waals surface area contributed by atoms with Crippen LogP contribution in [-0.2, 0) is 0 Å². The Balaban J connectivity index is 2.47. The number of halogens is 2. The van der Waals surface area contributed by atoms with E-state index in [0.717, 1.165) is 5.56 Å². The second-order valence-electron chi connectivity index (χ2n) is 2.91. The van der Waals surface area contributed by atoms with Crippen molar-refractivity contribution in [1.29, 1.82) is 0 Å². The minimum atomic E-state index is -0.240. The van der Waals surface area contributed by atoms with Gasteiger partial charge >= 0.3 is 0 Å². The fourth-order valence-electron chi connectivity index (χ4n) is 1.15. The lowest BCUT2D eigenvalue weighted by Crippen LogP contribution is -1.85. The maximum Gasteiger partial charge on any atom is 0.218 e. The van der Waals surface area contributed by atoms with Crippen LogP contribution in [0.3, 0.4) is 0 Å². The van der Waals surface area contributed by atoms with E-state index in [1.165, 1.54) is 6.07 Å². The van der Waals surface area contributed by atoms with Crippen molar-refractivity contribution >= 4 is 11.6 Å². The Kier molecular flexibility index (Phi) is 2.21. The van der Waals surface area contributed by atoms with E-state index < -0.39 is 0 Å². The molecule has 1 N–H and O–H groups in total. The number of nitrogens with one attached hydrogen (secondary N) is 1. The summed E-state index contributed by atoms with van der Waals surface area (Å²) in [5.41, 5.74) is 1.30. The van der Waals surface area contributed by atoms with Crippen LogP contribution in [-0.4, -0.2) is 15.2 Å². The molecule has 2 rings (SSSR count). The maximum atomic E-state index is 12.9. The number of nitrogens with zero attached hydrogens (tertiary/aromatic N) is 2. The number of benzene rings is 1. The van der Waals surface area contributed by atoms with Crippen molar-refractivity contribution in [3.8, 4) is 11.4 Å². The van der Waals surface area contributed by atoms with Crippen LogP contribution in [0.1, 0.15) is 5.56 Å². The second-order valence-corrected chi connectivity index (χ2v) is 3.27. The molecule has 0 fully saturated rings. The normalized spacial score (nSPS) is 10.5. The average Bonchev–Trinajstić information content (AvgIpc) is 2.57. The molecule has 0 spiro atoms. The van der Waals surface area contributed by atoms with Crippen LogP contribution in [0.2, 0.25) is 5.28 Å². The van der Waals surface area contributed by atoms with Crippen molar-refractivity contribution in [2.24, 2.45) is 0 Å². The highest BCUT2D eigenvalue weighted by atomic mass is 35.5. The Morgan fingerprint density at radius 3 is 2.79 bits per heavy atom. The molecule has 14 heavy (non-hydrogen) atoms. The number of aromatic amines is 1. The van der Waals surface area contributed by atoms with E-state index in [1.54, 1.807) is 19.1 Å². The summed E-state index contributed by atoms with van der Waals surface area (Å²) in [6, 6.07) is 4.67. The van der Waals surface area contributed by atoms with Crippen LogP contribution in [0.5, 0.6) is 0 Å². The lowest BCUT2D eigenvalue weighted by molar-refractivity contribution is 0.618. The Bertz CT molecular complexity index is 467. The number of aryl methyl sites for hydroxylation is 1. The predicted octanol–water partition coefficient (Wildman–Crippen LogP) is 2.57. The van der Waals surface area contributed by atoms with Gasteiger partial charge in [0, 0.05) is 5.56 Å². The maximum absolute atomic E-state index is 12.9. The van der Waals surface area contributed by atoms with Gasteiger partial charge in [-0.05, 0) is 42.3 Å². The number of hydrogen-bond donors (Lipinski definition) is 1. The number of rotatable bonds is 1. The molecular formula is C9H7ClFN3. The van der Waals surface area contributed by atoms with Crippen molar-refractivity contribution in [1.82, 2.24) is 15.2 Å². The van der Waals surface area contributed by atoms with Gasteiger partial charge in [-0.25, -0.2) is 9.49 Å². The largest absolute Gasteiger partial charge is 0.249 e. The van der Waals surface area contributed by atoms with Gasteiger partial charge in [0.25, 0.3) is 0 Å². The highest BCUT2D eigenvalue weighted by molar-refractivity contribution is 6.28. The Morgan fingerprint density at radius 2 is 2.21 bits per heavy atom. The highest BCUT2D eigenvalue weighted by Crippen LogP contribution is 2.18. The average molecular weight is 212 g/mol. The molecule has 0 atom stereocenters. The fraction of sp³-hybridized carbons (Fsp3) is 0.111. The molecule has 3 nitrogen and oxygen atoms in total. The van der Waals surface area contributed by atoms with Gasteiger partial charge in [0.1, 0.15) is 5.82 Å². The molecule has 2 aromatic rings. The minimum absolute atomic E-state index is 0.224. The van der Waals surface area contributed by atoms with Gasteiger partial charge in [0.05, 0.1) is 0 Å². The number of aromatic nitrogens is 3. The second kappa shape index (κ2) is 3.38. The third-order valence-corrected chi connectivity index (χ3v) is 2.04. The lowest BCUT2D eigenvalue weighted by Gasteiger charge is -1.98. The topological polar surface area (TPSA) is 41.6 Å². The van der Waals surface area contributed by atoms with Crippen LogP contribution in [0.15, 0.2) is 18.2 Å². The standard InChI is InChI=1S/C9H7ClFN3/c1-5-4-6(2-3-7(5)11)8-12-9(10)14-13-8/h2-4H,1H3,(H,12,13,14). The molecule has 0 aliphatic rings. The predicted molar refractivity (Wildman–Crippen MR) is 51.5 cm³/mol. The summed E-state index contributed by atoms with van der Waals surface area (Å²) in [5.74, 6) is 0.230. The minimum Gasteiger partial charge on any atom is -0.249 e. The molecule has 5 heteroatoms. The lowest BCUT2D eigenvalue weighted by atomic mass is 10.1. The van der Waals surface area contributed by atoms with Gasteiger partial charge in [-0.1, -0.05) is 0 Å². The molecule has 0 amide bonds. The van der Waals surface area contributed by atoms with Crippen LogP contribution in [0.4, 0.5) is 4.39 Å². The Morgan fingerprint density at radius 1 is 1.43 bits per heavy atom. The third kappa shape index (κ3) is 1.61. The first-order valence-corrected chi connectivity index (χ1v) is 4.39. The summed E-state index contributed by atoms with van der Waals surface area (Å²) in [6.45, 7) is 1.69. The van der Waals surface area contributed by atoms with Gasteiger partial charge in [-0.3, -0.25) is 0 Å². The molecule has 72 valence electrons. The third-order valence-electron chi connectivity index (χ3n) is 1.87. The molecule has 0 bridgehead atoms. The van der Waals surface area contributed by atoms with Crippen molar-refractivity contribution in [2.75, 3.05) is 0 Å². The monoisotopic (exact) mass is 211 g/mol. The van der Waals surface area contributed by atoms with Crippen molar-refractivity contribution in [3.63, 3.8) is 0 Å².